The zero-order valence-electron chi connectivity index (χ0n) is 13.0. The summed E-state index contributed by atoms with van der Waals surface area (Å²) in [4.78, 5) is 11.5. The Morgan fingerprint density at radius 3 is 2.11 bits per heavy atom. The Hall–Kier alpha value is -0.790. The van der Waals surface area contributed by atoms with Gasteiger partial charge < -0.3 is 5.32 Å². The second-order valence-electron chi connectivity index (χ2n) is 5.29. The lowest BCUT2D eigenvalue weighted by atomic mass is 10.1. The van der Waals surface area contributed by atoms with Crippen LogP contribution in [0.15, 0.2) is 12.2 Å². The van der Waals surface area contributed by atoms with Gasteiger partial charge in [0.25, 0.3) is 0 Å². The molecule has 0 aliphatic rings. The molecule has 112 valence electrons. The van der Waals surface area contributed by atoms with Crippen molar-refractivity contribution in [1.82, 2.24) is 5.32 Å². The van der Waals surface area contributed by atoms with E-state index in [0.717, 1.165) is 19.4 Å². The van der Waals surface area contributed by atoms with Crippen molar-refractivity contribution in [1.29, 1.82) is 0 Å². The highest BCUT2D eigenvalue weighted by Gasteiger charge is 1.99. The third-order valence-corrected chi connectivity index (χ3v) is 3.38. The zero-order chi connectivity index (χ0) is 14.2. The highest BCUT2D eigenvalue weighted by atomic mass is 16.1. The van der Waals surface area contributed by atoms with Gasteiger partial charge in [-0.25, -0.2) is 0 Å². The number of carbonyl (C=O) groups excluding carboxylic acids is 1. The van der Waals surface area contributed by atoms with Gasteiger partial charge in [-0.05, 0) is 19.8 Å². The molecule has 0 unspecified atom stereocenters. The Labute approximate surface area is 120 Å². The first-order chi connectivity index (χ1) is 9.31. The fourth-order valence-corrected chi connectivity index (χ4v) is 2.15. The van der Waals surface area contributed by atoms with Crippen LogP contribution in [0.2, 0.25) is 0 Å². The molecule has 0 bridgehead atoms. The van der Waals surface area contributed by atoms with E-state index in [0.29, 0.717) is 6.42 Å². The molecule has 19 heavy (non-hydrogen) atoms. The molecule has 0 fully saturated rings. The Kier molecular flexibility index (Phi) is 14.6. The number of hydrogen-bond donors (Lipinski definition) is 1. The van der Waals surface area contributed by atoms with Crippen molar-refractivity contribution < 1.29 is 4.79 Å². The van der Waals surface area contributed by atoms with E-state index in [4.69, 9.17) is 0 Å². The van der Waals surface area contributed by atoms with E-state index >= 15 is 0 Å². The Balaban J connectivity index is 3.14. The van der Waals surface area contributed by atoms with E-state index in [1.54, 1.807) is 0 Å². The molecule has 1 amide bonds. The minimum Gasteiger partial charge on any atom is -0.356 e. The minimum absolute atomic E-state index is 0.215. The second kappa shape index (κ2) is 15.3. The molecular weight excluding hydrogens is 234 g/mol. The standard InChI is InChI=1S/C17H33NO/c1-3-5-7-8-9-10-11-12-13-15-17(19)18-16-14-6-4-2/h4,6H,3,5,7-16H2,1-2H3,(H,18,19)/b6-4+. The van der Waals surface area contributed by atoms with Crippen LogP contribution in [0.25, 0.3) is 0 Å². The molecule has 1 N–H and O–H groups in total. The first kappa shape index (κ1) is 18.2. The predicted molar refractivity (Wildman–Crippen MR) is 84.3 cm³/mol. The number of rotatable bonds is 13. The summed E-state index contributed by atoms with van der Waals surface area (Å²) in [6.07, 6.45) is 17.5. The monoisotopic (exact) mass is 267 g/mol. The van der Waals surface area contributed by atoms with Crippen LogP contribution in [0.1, 0.15) is 84.5 Å². The SMILES string of the molecule is C/C=C/CCNC(=O)CCCCCCCCCCC. The third kappa shape index (κ3) is 15.2. The summed E-state index contributed by atoms with van der Waals surface area (Å²) in [6.45, 7) is 5.04. The number of hydrogen-bond acceptors (Lipinski definition) is 1. The summed E-state index contributed by atoms with van der Waals surface area (Å²) in [6, 6.07) is 0. The molecule has 0 aliphatic carbocycles. The van der Waals surface area contributed by atoms with Gasteiger partial charge in [-0.1, -0.05) is 70.4 Å². The lowest BCUT2D eigenvalue weighted by Gasteiger charge is -2.04. The van der Waals surface area contributed by atoms with E-state index in [1.165, 1.54) is 51.4 Å². The molecule has 0 radical (unpaired) electrons. The fraction of sp³-hybridized carbons (Fsp3) is 0.824. The van der Waals surface area contributed by atoms with Gasteiger partial charge in [-0.2, -0.15) is 0 Å². The van der Waals surface area contributed by atoms with Crippen LogP contribution < -0.4 is 5.32 Å². The van der Waals surface area contributed by atoms with Gasteiger partial charge in [0.1, 0.15) is 0 Å². The van der Waals surface area contributed by atoms with Crippen molar-refractivity contribution in [2.24, 2.45) is 0 Å². The number of carbonyl (C=O) groups is 1. The van der Waals surface area contributed by atoms with Gasteiger partial charge in [-0.3, -0.25) is 4.79 Å². The number of allylic oxidation sites excluding steroid dienone is 1. The third-order valence-electron chi connectivity index (χ3n) is 3.38. The van der Waals surface area contributed by atoms with E-state index in [-0.39, 0.29) is 5.91 Å². The van der Waals surface area contributed by atoms with Crippen LogP contribution in [0.5, 0.6) is 0 Å². The van der Waals surface area contributed by atoms with E-state index < -0.39 is 0 Å². The van der Waals surface area contributed by atoms with Crippen molar-refractivity contribution in [3.63, 3.8) is 0 Å². The lowest BCUT2D eigenvalue weighted by molar-refractivity contribution is -0.121. The zero-order valence-corrected chi connectivity index (χ0v) is 13.0. The van der Waals surface area contributed by atoms with Crippen LogP contribution in [0, 0.1) is 0 Å². The topological polar surface area (TPSA) is 29.1 Å². The largest absolute Gasteiger partial charge is 0.356 e. The maximum Gasteiger partial charge on any atom is 0.220 e. The average Bonchev–Trinajstić information content (AvgIpc) is 2.42. The van der Waals surface area contributed by atoms with Crippen molar-refractivity contribution >= 4 is 5.91 Å². The van der Waals surface area contributed by atoms with Crippen LogP contribution in [-0.4, -0.2) is 12.5 Å². The minimum atomic E-state index is 0.215. The quantitative estimate of drug-likeness (QED) is 0.369. The van der Waals surface area contributed by atoms with Gasteiger partial charge in [0.15, 0.2) is 0 Å². The van der Waals surface area contributed by atoms with Crippen molar-refractivity contribution in [2.45, 2.75) is 84.5 Å². The molecular formula is C17H33NO. The van der Waals surface area contributed by atoms with Gasteiger partial charge in [-0.15, -0.1) is 0 Å². The molecule has 0 atom stereocenters. The van der Waals surface area contributed by atoms with Crippen LogP contribution >= 0.6 is 0 Å². The van der Waals surface area contributed by atoms with Gasteiger partial charge >= 0.3 is 0 Å². The summed E-state index contributed by atoms with van der Waals surface area (Å²) in [5.74, 6) is 0.215. The molecule has 0 rings (SSSR count). The van der Waals surface area contributed by atoms with Crippen molar-refractivity contribution in [2.75, 3.05) is 6.54 Å². The molecule has 0 aliphatic heterocycles. The van der Waals surface area contributed by atoms with Crippen LogP contribution in [-0.2, 0) is 4.79 Å². The average molecular weight is 267 g/mol. The molecule has 0 aromatic carbocycles. The number of nitrogens with one attached hydrogen (secondary N) is 1. The highest BCUT2D eigenvalue weighted by Crippen LogP contribution is 2.10. The van der Waals surface area contributed by atoms with Crippen LogP contribution in [0.3, 0.4) is 0 Å². The van der Waals surface area contributed by atoms with E-state index in [1.807, 2.05) is 13.0 Å². The smallest absolute Gasteiger partial charge is 0.220 e. The molecule has 0 saturated carbocycles. The summed E-state index contributed by atoms with van der Waals surface area (Å²) in [5.41, 5.74) is 0. The van der Waals surface area contributed by atoms with Crippen molar-refractivity contribution in [3.05, 3.63) is 12.2 Å². The Bertz CT molecular complexity index is 223. The summed E-state index contributed by atoms with van der Waals surface area (Å²) >= 11 is 0. The molecule has 2 nitrogen and oxygen atoms in total. The number of amides is 1. The summed E-state index contributed by atoms with van der Waals surface area (Å²) in [5, 5.41) is 2.95. The molecule has 0 heterocycles. The summed E-state index contributed by atoms with van der Waals surface area (Å²) in [7, 11) is 0. The second-order valence-corrected chi connectivity index (χ2v) is 5.29. The Morgan fingerprint density at radius 2 is 1.53 bits per heavy atom. The van der Waals surface area contributed by atoms with E-state index in [2.05, 4.69) is 18.3 Å². The van der Waals surface area contributed by atoms with E-state index in [9.17, 15) is 4.79 Å². The first-order valence-electron chi connectivity index (χ1n) is 8.19. The van der Waals surface area contributed by atoms with Gasteiger partial charge in [0, 0.05) is 13.0 Å². The molecule has 0 saturated heterocycles. The molecule has 0 aromatic heterocycles. The predicted octanol–water partition coefficient (Wildman–Crippen LogP) is 4.99. The molecule has 0 aromatic rings. The van der Waals surface area contributed by atoms with Crippen molar-refractivity contribution in [3.8, 4) is 0 Å². The van der Waals surface area contributed by atoms with Crippen LogP contribution in [0.4, 0.5) is 0 Å². The Morgan fingerprint density at radius 1 is 0.947 bits per heavy atom. The maximum absolute atomic E-state index is 11.5. The highest BCUT2D eigenvalue weighted by molar-refractivity contribution is 5.75. The molecule has 0 spiro atoms. The fourth-order valence-electron chi connectivity index (χ4n) is 2.15. The number of unbranched alkanes of at least 4 members (excludes halogenated alkanes) is 8. The lowest BCUT2D eigenvalue weighted by Crippen LogP contribution is -2.23. The van der Waals surface area contributed by atoms with Gasteiger partial charge in [0.2, 0.25) is 5.91 Å². The first-order valence-corrected chi connectivity index (χ1v) is 8.19. The van der Waals surface area contributed by atoms with Gasteiger partial charge in [0.05, 0.1) is 0 Å². The summed E-state index contributed by atoms with van der Waals surface area (Å²) < 4.78 is 0. The normalized spacial score (nSPS) is 11.1. The maximum atomic E-state index is 11.5. The molecule has 2 heteroatoms.